The van der Waals surface area contributed by atoms with Gasteiger partial charge in [0.15, 0.2) is 5.82 Å². The number of ether oxygens (including phenoxy) is 1. The van der Waals surface area contributed by atoms with Crippen molar-refractivity contribution in [3.63, 3.8) is 0 Å². The van der Waals surface area contributed by atoms with Gasteiger partial charge in [0.25, 0.3) is 5.56 Å². The number of aromatic amines is 1. The van der Waals surface area contributed by atoms with Gasteiger partial charge >= 0.3 is 0 Å². The maximum atomic E-state index is 13.1. The average molecular weight is 496 g/mol. The summed E-state index contributed by atoms with van der Waals surface area (Å²) in [6.07, 6.45) is 3.59. The van der Waals surface area contributed by atoms with Crippen molar-refractivity contribution in [1.82, 2.24) is 35.1 Å². The molecule has 9 nitrogen and oxygen atoms in total. The highest BCUT2D eigenvalue weighted by atomic mass is 16.5. The molecule has 0 saturated carbocycles. The molecule has 0 unspecified atom stereocenters. The average Bonchev–Trinajstić information content (AvgIpc) is 3.32. The summed E-state index contributed by atoms with van der Waals surface area (Å²) >= 11 is 0. The lowest BCUT2D eigenvalue weighted by Crippen LogP contribution is -2.28. The maximum Gasteiger partial charge on any atom is 0.252 e. The molecule has 0 aliphatic rings. The SMILES string of the molecule is COc1ccc(Cn2nnnc2CN(Cc2cccnc2)Cc2cc3c(C)cc(C)cc3[nH]c2=O)cc1. The Hall–Kier alpha value is -4.37. The molecule has 9 heteroatoms. The van der Waals surface area contributed by atoms with Crippen LogP contribution in [0.5, 0.6) is 5.75 Å². The monoisotopic (exact) mass is 495 g/mol. The number of hydrogen-bond donors (Lipinski definition) is 1. The molecule has 0 spiro atoms. The Balaban J connectivity index is 1.43. The van der Waals surface area contributed by atoms with E-state index < -0.39 is 0 Å². The van der Waals surface area contributed by atoms with Crippen LogP contribution in [-0.2, 0) is 26.2 Å². The molecule has 37 heavy (non-hydrogen) atoms. The molecule has 2 aromatic carbocycles. The Kier molecular flexibility index (Phi) is 7.04. The van der Waals surface area contributed by atoms with Crippen LogP contribution >= 0.6 is 0 Å². The molecule has 0 atom stereocenters. The third-order valence-corrected chi connectivity index (χ3v) is 6.38. The van der Waals surface area contributed by atoms with E-state index in [2.05, 4.69) is 43.4 Å². The molecule has 5 rings (SSSR count). The van der Waals surface area contributed by atoms with Crippen LogP contribution in [0, 0.1) is 13.8 Å². The smallest absolute Gasteiger partial charge is 0.252 e. The molecular formula is C28H29N7O2. The molecule has 0 aliphatic carbocycles. The summed E-state index contributed by atoms with van der Waals surface area (Å²) in [5, 5.41) is 13.5. The molecule has 0 radical (unpaired) electrons. The van der Waals surface area contributed by atoms with Crippen molar-refractivity contribution in [2.45, 2.75) is 40.0 Å². The fourth-order valence-corrected chi connectivity index (χ4v) is 4.56. The predicted octanol–water partition coefficient (Wildman–Crippen LogP) is 3.79. The summed E-state index contributed by atoms with van der Waals surface area (Å²) in [5.41, 5.74) is 5.81. The highest BCUT2D eigenvalue weighted by Crippen LogP contribution is 2.20. The predicted molar refractivity (Wildman–Crippen MR) is 141 cm³/mol. The standard InChI is InChI=1S/C28H29N7O2/c1-19-11-20(2)25-13-23(28(36)30-26(25)12-19)17-34(15-22-5-4-10-29-14-22)18-27-31-32-33-35(27)16-21-6-8-24(37-3)9-7-21/h4-14H,15-18H2,1-3H3,(H,30,36). The molecule has 3 aromatic heterocycles. The first-order valence-corrected chi connectivity index (χ1v) is 12.1. The number of benzene rings is 2. The van der Waals surface area contributed by atoms with Gasteiger partial charge in [-0.15, -0.1) is 5.10 Å². The fraction of sp³-hybridized carbons (Fsp3) is 0.250. The molecule has 0 saturated heterocycles. The van der Waals surface area contributed by atoms with Crippen molar-refractivity contribution < 1.29 is 4.74 Å². The van der Waals surface area contributed by atoms with Crippen LogP contribution in [0.2, 0.25) is 0 Å². The van der Waals surface area contributed by atoms with Gasteiger partial charge < -0.3 is 9.72 Å². The minimum atomic E-state index is -0.0912. The number of methoxy groups -OCH3 is 1. The van der Waals surface area contributed by atoms with Crippen molar-refractivity contribution in [1.29, 1.82) is 0 Å². The van der Waals surface area contributed by atoms with Crippen molar-refractivity contribution in [3.05, 3.63) is 111 Å². The second-order valence-corrected chi connectivity index (χ2v) is 9.27. The molecule has 5 aromatic rings. The topological polar surface area (TPSA) is 102 Å². The van der Waals surface area contributed by atoms with Crippen LogP contribution in [0.15, 0.2) is 71.8 Å². The van der Waals surface area contributed by atoms with Crippen molar-refractivity contribution in [3.8, 4) is 5.75 Å². The second kappa shape index (κ2) is 10.7. The van der Waals surface area contributed by atoms with Gasteiger partial charge in [0.2, 0.25) is 0 Å². The zero-order valence-corrected chi connectivity index (χ0v) is 21.2. The van der Waals surface area contributed by atoms with Crippen molar-refractivity contribution in [2.75, 3.05) is 7.11 Å². The highest BCUT2D eigenvalue weighted by molar-refractivity contribution is 5.83. The Bertz CT molecular complexity index is 1560. The summed E-state index contributed by atoms with van der Waals surface area (Å²) in [6, 6.07) is 17.9. The lowest BCUT2D eigenvalue weighted by Gasteiger charge is -2.22. The van der Waals surface area contributed by atoms with Crippen LogP contribution < -0.4 is 10.3 Å². The number of fused-ring (bicyclic) bond motifs is 1. The van der Waals surface area contributed by atoms with Gasteiger partial charge in [0.1, 0.15) is 5.75 Å². The quantitative estimate of drug-likeness (QED) is 0.332. The van der Waals surface area contributed by atoms with Crippen LogP contribution in [0.4, 0.5) is 0 Å². The van der Waals surface area contributed by atoms with E-state index in [-0.39, 0.29) is 5.56 Å². The fourth-order valence-electron chi connectivity index (χ4n) is 4.56. The van der Waals surface area contributed by atoms with E-state index in [4.69, 9.17) is 4.74 Å². The molecule has 0 aliphatic heterocycles. The van der Waals surface area contributed by atoms with E-state index in [9.17, 15) is 4.79 Å². The van der Waals surface area contributed by atoms with Gasteiger partial charge in [-0.3, -0.25) is 14.7 Å². The summed E-state index contributed by atoms with van der Waals surface area (Å²) in [7, 11) is 1.65. The Morgan fingerprint density at radius 2 is 1.84 bits per heavy atom. The molecular weight excluding hydrogens is 466 g/mol. The number of nitrogens with one attached hydrogen (secondary N) is 1. The Morgan fingerprint density at radius 1 is 1.00 bits per heavy atom. The zero-order chi connectivity index (χ0) is 25.8. The largest absolute Gasteiger partial charge is 0.497 e. The van der Waals surface area contributed by atoms with E-state index in [0.717, 1.165) is 38.9 Å². The number of aryl methyl sites for hydroxylation is 2. The van der Waals surface area contributed by atoms with E-state index in [0.29, 0.717) is 37.6 Å². The van der Waals surface area contributed by atoms with Crippen LogP contribution in [0.1, 0.15) is 33.6 Å². The van der Waals surface area contributed by atoms with Crippen LogP contribution in [0.3, 0.4) is 0 Å². The second-order valence-electron chi connectivity index (χ2n) is 9.27. The highest BCUT2D eigenvalue weighted by Gasteiger charge is 2.17. The van der Waals surface area contributed by atoms with Crippen LogP contribution in [0.25, 0.3) is 10.9 Å². The van der Waals surface area contributed by atoms with E-state index >= 15 is 0 Å². The normalized spacial score (nSPS) is 11.4. The molecule has 0 amide bonds. The number of pyridine rings is 2. The third kappa shape index (κ3) is 5.73. The Labute approximate surface area is 214 Å². The molecule has 1 N–H and O–H groups in total. The molecule has 0 fully saturated rings. The number of H-pyrrole nitrogens is 1. The molecule has 0 bridgehead atoms. The molecule has 3 heterocycles. The Morgan fingerprint density at radius 3 is 2.59 bits per heavy atom. The van der Waals surface area contributed by atoms with Gasteiger partial charge in [0.05, 0.1) is 20.2 Å². The van der Waals surface area contributed by atoms with E-state index in [1.54, 1.807) is 18.0 Å². The number of hydrogen-bond acceptors (Lipinski definition) is 7. The first-order valence-electron chi connectivity index (χ1n) is 12.1. The van der Waals surface area contributed by atoms with E-state index in [1.165, 1.54) is 0 Å². The maximum absolute atomic E-state index is 13.1. The lowest BCUT2D eigenvalue weighted by molar-refractivity contribution is 0.235. The lowest BCUT2D eigenvalue weighted by atomic mass is 10.0. The van der Waals surface area contributed by atoms with Crippen molar-refractivity contribution >= 4 is 10.9 Å². The van der Waals surface area contributed by atoms with Gasteiger partial charge in [-0.1, -0.05) is 24.3 Å². The van der Waals surface area contributed by atoms with Crippen molar-refractivity contribution in [2.24, 2.45) is 0 Å². The minimum absolute atomic E-state index is 0.0912. The minimum Gasteiger partial charge on any atom is -0.497 e. The van der Waals surface area contributed by atoms with Crippen LogP contribution in [-0.4, -0.2) is 42.2 Å². The molecule has 188 valence electrons. The van der Waals surface area contributed by atoms with Gasteiger partial charge in [-0.25, -0.2) is 4.68 Å². The van der Waals surface area contributed by atoms with Gasteiger partial charge in [0, 0.05) is 41.9 Å². The number of aromatic nitrogens is 6. The number of tetrazole rings is 1. The number of nitrogens with zero attached hydrogens (tertiary/aromatic N) is 6. The summed E-state index contributed by atoms with van der Waals surface area (Å²) < 4.78 is 7.04. The summed E-state index contributed by atoms with van der Waals surface area (Å²) in [6.45, 7) is 6.11. The van der Waals surface area contributed by atoms with E-state index in [1.807, 2.05) is 61.7 Å². The first kappa shape index (κ1) is 24.3. The van der Waals surface area contributed by atoms with Gasteiger partial charge in [-0.2, -0.15) is 0 Å². The van der Waals surface area contributed by atoms with Gasteiger partial charge in [-0.05, 0) is 76.9 Å². The zero-order valence-electron chi connectivity index (χ0n) is 21.2. The first-order chi connectivity index (χ1) is 18.0. The summed E-state index contributed by atoms with van der Waals surface area (Å²) in [4.78, 5) is 22.5. The third-order valence-electron chi connectivity index (χ3n) is 6.38. The summed E-state index contributed by atoms with van der Waals surface area (Å²) in [5.74, 6) is 1.51. The number of rotatable bonds is 9.